The third-order valence-corrected chi connectivity index (χ3v) is 5.22. The molecule has 22 heavy (non-hydrogen) atoms. The number of unbranched alkanes of at least 4 members (excludes halogenated alkanes) is 4. The Balaban J connectivity index is 2.74. The molecule has 0 fully saturated rings. The molecule has 0 amide bonds. The van der Waals surface area contributed by atoms with Crippen molar-refractivity contribution in [2.24, 2.45) is 0 Å². The molecule has 1 atom stereocenters. The molecule has 0 heterocycles. The Kier molecular flexibility index (Phi) is 9.30. The lowest BCUT2D eigenvalue weighted by Crippen LogP contribution is -2.18. The lowest BCUT2D eigenvalue weighted by Gasteiger charge is -2.16. The molecular formula is C19H30O2S. The van der Waals surface area contributed by atoms with Crippen molar-refractivity contribution < 1.29 is 9.90 Å². The highest BCUT2D eigenvalue weighted by Crippen LogP contribution is 2.28. The summed E-state index contributed by atoms with van der Waals surface area (Å²) in [5.74, 6) is 1.23. The second-order valence-electron chi connectivity index (χ2n) is 5.95. The highest BCUT2D eigenvalue weighted by atomic mass is 32.2. The van der Waals surface area contributed by atoms with E-state index in [4.69, 9.17) is 0 Å². The first kappa shape index (κ1) is 19.1. The lowest BCUT2D eigenvalue weighted by molar-refractivity contribution is 0.0983. The molecule has 0 aliphatic carbocycles. The Morgan fingerprint density at radius 2 is 1.86 bits per heavy atom. The van der Waals surface area contributed by atoms with Gasteiger partial charge < -0.3 is 5.11 Å². The Labute approximate surface area is 139 Å². The van der Waals surface area contributed by atoms with Gasteiger partial charge in [-0.3, -0.25) is 4.79 Å². The summed E-state index contributed by atoms with van der Waals surface area (Å²) in [4.78, 5) is 12.8. The number of carbonyl (C=O) groups is 1. The molecule has 1 aromatic rings. The van der Waals surface area contributed by atoms with Gasteiger partial charge in [-0.1, -0.05) is 57.6 Å². The highest BCUT2D eigenvalue weighted by Gasteiger charge is 2.22. The second kappa shape index (κ2) is 10.7. The van der Waals surface area contributed by atoms with E-state index in [-0.39, 0.29) is 16.8 Å². The number of Topliss-reactive ketones (excluding diaryl/α,β-unsaturated/α-hetero) is 1. The van der Waals surface area contributed by atoms with Crippen LogP contribution in [0.2, 0.25) is 0 Å². The predicted octanol–water partition coefficient (Wildman–Crippen LogP) is 5.76. The largest absolute Gasteiger partial charge is 0.507 e. The van der Waals surface area contributed by atoms with Gasteiger partial charge in [0, 0.05) is 0 Å². The van der Waals surface area contributed by atoms with Crippen LogP contribution in [0.1, 0.15) is 74.7 Å². The zero-order valence-electron chi connectivity index (χ0n) is 14.2. The first-order chi connectivity index (χ1) is 10.6. The van der Waals surface area contributed by atoms with E-state index in [1.54, 1.807) is 17.8 Å². The van der Waals surface area contributed by atoms with Gasteiger partial charge in [0.1, 0.15) is 5.75 Å². The number of carbonyl (C=O) groups excluding carboxylic acids is 1. The molecule has 0 aliphatic heterocycles. The molecule has 0 saturated heterocycles. The third-order valence-electron chi connectivity index (χ3n) is 3.85. The number of phenolic OH excluding ortho intramolecular Hbond substituents is 1. The number of hydrogen-bond acceptors (Lipinski definition) is 3. The van der Waals surface area contributed by atoms with Gasteiger partial charge in [-0.25, -0.2) is 0 Å². The van der Waals surface area contributed by atoms with Gasteiger partial charge in [0.2, 0.25) is 0 Å². The maximum atomic E-state index is 12.8. The van der Waals surface area contributed by atoms with E-state index >= 15 is 0 Å². The van der Waals surface area contributed by atoms with Crippen LogP contribution in [0.15, 0.2) is 18.2 Å². The number of aromatic hydroxyl groups is 1. The van der Waals surface area contributed by atoms with Gasteiger partial charge in [-0.2, -0.15) is 11.8 Å². The average Bonchev–Trinajstić information content (AvgIpc) is 2.51. The number of aryl methyl sites for hydroxylation is 1. The van der Waals surface area contributed by atoms with Gasteiger partial charge in [0.15, 0.2) is 5.78 Å². The molecule has 1 unspecified atom stereocenters. The van der Waals surface area contributed by atoms with Crippen LogP contribution in [0, 0.1) is 6.92 Å². The maximum Gasteiger partial charge on any atom is 0.179 e. The number of hydrogen-bond donors (Lipinski definition) is 1. The van der Waals surface area contributed by atoms with Gasteiger partial charge in [0.05, 0.1) is 10.8 Å². The molecular weight excluding hydrogens is 292 g/mol. The molecule has 0 radical (unpaired) electrons. The molecule has 3 heteroatoms. The minimum Gasteiger partial charge on any atom is -0.507 e. The molecule has 1 aromatic carbocycles. The average molecular weight is 323 g/mol. The Morgan fingerprint density at radius 3 is 2.55 bits per heavy atom. The molecule has 0 bridgehead atoms. The number of benzene rings is 1. The second-order valence-corrected chi connectivity index (χ2v) is 7.26. The minimum absolute atomic E-state index is 0.0175. The summed E-state index contributed by atoms with van der Waals surface area (Å²) >= 11 is 1.76. The highest BCUT2D eigenvalue weighted by molar-refractivity contribution is 8.00. The fraction of sp³-hybridized carbons (Fsp3) is 0.632. The summed E-state index contributed by atoms with van der Waals surface area (Å²) in [6.07, 6.45) is 7.93. The lowest BCUT2D eigenvalue weighted by atomic mass is 10.0. The fourth-order valence-corrected chi connectivity index (χ4v) is 3.79. The summed E-state index contributed by atoms with van der Waals surface area (Å²) in [6.45, 7) is 6.32. The molecule has 1 rings (SSSR count). The number of ketones is 1. The van der Waals surface area contributed by atoms with Crippen LogP contribution in [0.3, 0.4) is 0 Å². The number of rotatable bonds is 11. The van der Waals surface area contributed by atoms with Gasteiger partial charge in [-0.15, -0.1) is 0 Å². The molecule has 124 valence electrons. The normalized spacial score (nSPS) is 12.3. The zero-order valence-corrected chi connectivity index (χ0v) is 15.0. The molecule has 0 spiro atoms. The van der Waals surface area contributed by atoms with Crippen molar-refractivity contribution in [1.29, 1.82) is 0 Å². The minimum atomic E-state index is -0.0175. The first-order valence-corrected chi connectivity index (χ1v) is 9.60. The Hall–Kier alpha value is -0.960. The first-order valence-electron chi connectivity index (χ1n) is 8.55. The van der Waals surface area contributed by atoms with Crippen molar-refractivity contribution in [3.8, 4) is 5.75 Å². The van der Waals surface area contributed by atoms with Crippen molar-refractivity contribution in [1.82, 2.24) is 0 Å². The van der Waals surface area contributed by atoms with E-state index in [0.29, 0.717) is 5.56 Å². The van der Waals surface area contributed by atoms with E-state index in [0.717, 1.165) is 37.0 Å². The molecule has 1 N–H and O–H groups in total. The van der Waals surface area contributed by atoms with Gasteiger partial charge in [0.25, 0.3) is 0 Å². The van der Waals surface area contributed by atoms with E-state index in [2.05, 4.69) is 13.8 Å². The van der Waals surface area contributed by atoms with Crippen LogP contribution in [-0.2, 0) is 0 Å². The van der Waals surface area contributed by atoms with Crippen LogP contribution in [-0.4, -0.2) is 21.9 Å². The predicted molar refractivity (Wildman–Crippen MR) is 97.1 cm³/mol. The van der Waals surface area contributed by atoms with Crippen molar-refractivity contribution in [3.05, 3.63) is 29.3 Å². The van der Waals surface area contributed by atoms with Crippen LogP contribution in [0.5, 0.6) is 5.75 Å². The standard InChI is InChI=1S/C19H30O2S/c1-4-6-8-9-10-18(22-13-7-5-2)19(21)16-14-15(3)11-12-17(16)20/h11-12,14,18,20H,4-10,13H2,1-3H3. The van der Waals surface area contributed by atoms with Crippen molar-refractivity contribution in [2.75, 3.05) is 5.75 Å². The Bertz CT molecular complexity index is 457. The molecule has 0 aliphatic rings. The molecule has 0 saturated carbocycles. The van der Waals surface area contributed by atoms with Gasteiger partial charge in [-0.05, 0) is 37.7 Å². The third kappa shape index (κ3) is 6.43. The van der Waals surface area contributed by atoms with Crippen LogP contribution in [0.4, 0.5) is 0 Å². The van der Waals surface area contributed by atoms with Crippen molar-refractivity contribution in [3.63, 3.8) is 0 Å². The SMILES string of the molecule is CCCCCCC(SCCCC)C(=O)c1cc(C)ccc1O. The van der Waals surface area contributed by atoms with Crippen LogP contribution in [0.25, 0.3) is 0 Å². The van der Waals surface area contributed by atoms with Crippen LogP contribution < -0.4 is 0 Å². The monoisotopic (exact) mass is 322 g/mol. The smallest absolute Gasteiger partial charge is 0.179 e. The number of thioether (sulfide) groups is 1. The summed E-state index contributed by atoms with van der Waals surface area (Å²) in [7, 11) is 0. The van der Waals surface area contributed by atoms with E-state index in [1.165, 1.54) is 19.3 Å². The van der Waals surface area contributed by atoms with E-state index in [1.807, 2.05) is 19.1 Å². The maximum absolute atomic E-state index is 12.8. The molecule has 2 nitrogen and oxygen atoms in total. The van der Waals surface area contributed by atoms with Crippen molar-refractivity contribution >= 4 is 17.5 Å². The molecule has 0 aromatic heterocycles. The summed E-state index contributed by atoms with van der Waals surface area (Å²) in [5, 5.41) is 9.99. The van der Waals surface area contributed by atoms with Crippen LogP contribution >= 0.6 is 11.8 Å². The van der Waals surface area contributed by atoms with Gasteiger partial charge >= 0.3 is 0 Å². The number of phenols is 1. The van der Waals surface area contributed by atoms with E-state index < -0.39 is 0 Å². The van der Waals surface area contributed by atoms with E-state index in [9.17, 15) is 9.90 Å². The summed E-state index contributed by atoms with van der Waals surface area (Å²) < 4.78 is 0. The topological polar surface area (TPSA) is 37.3 Å². The summed E-state index contributed by atoms with van der Waals surface area (Å²) in [5.41, 5.74) is 1.51. The summed E-state index contributed by atoms with van der Waals surface area (Å²) in [6, 6.07) is 5.29. The Morgan fingerprint density at radius 1 is 1.14 bits per heavy atom. The van der Waals surface area contributed by atoms with Crippen molar-refractivity contribution in [2.45, 2.75) is 71.0 Å². The fourth-order valence-electron chi connectivity index (χ4n) is 2.44. The zero-order chi connectivity index (χ0) is 16.4. The quantitative estimate of drug-likeness (QED) is 0.416.